The van der Waals surface area contributed by atoms with E-state index in [1.54, 1.807) is 43.3 Å². The van der Waals surface area contributed by atoms with Gasteiger partial charge in [-0.05, 0) is 65.7 Å². The highest BCUT2D eigenvalue weighted by Gasteiger charge is 2.21. The second-order valence-corrected chi connectivity index (χ2v) is 8.28. The number of rotatable bonds is 6. The third kappa shape index (κ3) is 5.47. The summed E-state index contributed by atoms with van der Waals surface area (Å²) < 4.78 is 19.5. The summed E-state index contributed by atoms with van der Waals surface area (Å²) in [6.07, 6.45) is 1.72. The fourth-order valence-electron chi connectivity index (χ4n) is 4.07. The van der Waals surface area contributed by atoms with E-state index in [2.05, 4.69) is 10.3 Å². The molecule has 0 spiro atoms. The van der Waals surface area contributed by atoms with Crippen LogP contribution in [-0.2, 0) is 0 Å². The Hall–Kier alpha value is -4.78. The van der Waals surface area contributed by atoms with Crippen molar-refractivity contribution in [2.75, 3.05) is 5.32 Å². The monoisotopic (exact) mass is 510 g/mol. The number of hydrogen-bond acceptors (Lipinski definition) is 4. The summed E-state index contributed by atoms with van der Waals surface area (Å²) in [5, 5.41) is 3.41. The van der Waals surface area contributed by atoms with Crippen LogP contribution in [0.4, 0.5) is 10.1 Å². The van der Waals surface area contributed by atoms with Crippen LogP contribution in [0.3, 0.4) is 0 Å². The Morgan fingerprint density at radius 1 is 0.895 bits per heavy atom. The van der Waals surface area contributed by atoms with Gasteiger partial charge in [0.25, 0.3) is 5.91 Å². The van der Waals surface area contributed by atoms with Gasteiger partial charge >= 0.3 is 0 Å². The molecule has 0 aliphatic heterocycles. The molecule has 1 amide bonds. The summed E-state index contributed by atoms with van der Waals surface area (Å²) in [5.41, 5.74) is 3.85. The van der Waals surface area contributed by atoms with Crippen molar-refractivity contribution in [2.24, 2.45) is 0 Å². The molecule has 0 aliphatic carbocycles. The number of Topliss-reactive ketones (excluding diaryl/α,β-unsaturated/α-hetero) is 1. The number of fused-ring (bicyclic) bond motifs is 1. The highest BCUT2D eigenvalue weighted by atomic mass is 19.1. The van der Waals surface area contributed by atoms with Crippen molar-refractivity contribution in [1.82, 2.24) is 4.98 Å². The number of aromatic amines is 1. The van der Waals surface area contributed by atoms with Gasteiger partial charge in [-0.2, -0.15) is 0 Å². The minimum absolute atomic E-state index is 0.0840. The highest BCUT2D eigenvalue weighted by Crippen LogP contribution is 2.37. The Labute approximate surface area is 219 Å². The zero-order valence-corrected chi connectivity index (χ0v) is 21.3. The van der Waals surface area contributed by atoms with Gasteiger partial charge in [0.15, 0.2) is 5.78 Å². The Balaban J connectivity index is 0.00000164. The first-order valence-corrected chi connectivity index (χ1v) is 12.4. The second kappa shape index (κ2) is 11.5. The molecular formula is C31H27FN2O4. The molecular weight excluding hydrogens is 483 g/mol. The Bertz CT molecular complexity index is 1650. The average molecular weight is 511 g/mol. The molecule has 5 aromatic rings. The van der Waals surface area contributed by atoms with Crippen molar-refractivity contribution in [3.63, 3.8) is 0 Å². The molecule has 0 saturated heterocycles. The van der Waals surface area contributed by atoms with Gasteiger partial charge in [-0.1, -0.05) is 39.0 Å². The van der Waals surface area contributed by atoms with Crippen LogP contribution in [0.1, 0.15) is 47.9 Å². The first kappa shape index (κ1) is 26.3. The lowest BCUT2D eigenvalue weighted by Crippen LogP contribution is -2.13. The van der Waals surface area contributed by atoms with Crippen LogP contribution in [0.2, 0.25) is 0 Å². The minimum atomic E-state index is -0.370. The predicted octanol–water partition coefficient (Wildman–Crippen LogP) is 7.47. The van der Waals surface area contributed by atoms with E-state index in [0.717, 1.165) is 11.1 Å². The maximum atomic E-state index is 13.5. The maximum Gasteiger partial charge on any atom is 0.255 e. The van der Waals surface area contributed by atoms with Crippen molar-refractivity contribution in [3.05, 3.63) is 112 Å². The highest BCUT2D eigenvalue weighted by molar-refractivity contribution is 6.13. The van der Waals surface area contributed by atoms with E-state index in [1.165, 1.54) is 30.5 Å². The Kier molecular flexibility index (Phi) is 7.97. The quantitative estimate of drug-likeness (QED) is 0.232. The number of ketones is 1. The number of benzene rings is 3. The first-order chi connectivity index (χ1) is 18.4. The molecule has 3 aromatic carbocycles. The van der Waals surface area contributed by atoms with Crippen LogP contribution < -0.4 is 10.9 Å². The summed E-state index contributed by atoms with van der Waals surface area (Å²) in [4.78, 5) is 39.5. The van der Waals surface area contributed by atoms with Crippen molar-refractivity contribution in [1.29, 1.82) is 0 Å². The summed E-state index contributed by atoms with van der Waals surface area (Å²) in [6, 6.07) is 21.3. The smallest absolute Gasteiger partial charge is 0.255 e. The zero-order valence-electron chi connectivity index (χ0n) is 21.3. The lowest BCUT2D eigenvalue weighted by Gasteiger charge is -2.08. The van der Waals surface area contributed by atoms with Crippen molar-refractivity contribution >= 4 is 28.3 Å². The van der Waals surface area contributed by atoms with Gasteiger partial charge in [0.1, 0.15) is 17.2 Å². The number of carbonyl (C=O) groups is 2. The number of pyridine rings is 1. The summed E-state index contributed by atoms with van der Waals surface area (Å²) in [7, 11) is 0. The van der Waals surface area contributed by atoms with Gasteiger partial charge in [-0.25, -0.2) is 4.39 Å². The van der Waals surface area contributed by atoms with Crippen molar-refractivity contribution in [2.45, 2.75) is 27.2 Å². The van der Waals surface area contributed by atoms with E-state index in [-0.39, 0.29) is 29.5 Å². The van der Waals surface area contributed by atoms with Crippen molar-refractivity contribution in [3.8, 4) is 22.5 Å². The molecule has 2 aromatic heterocycles. The topological polar surface area (TPSA) is 92.2 Å². The summed E-state index contributed by atoms with van der Waals surface area (Å²) in [5.74, 6) is -0.374. The molecule has 2 N–H and O–H groups in total. The van der Waals surface area contributed by atoms with E-state index in [1.807, 2.05) is 32.0 Å². The number of nitrogens with one attached hydrogen (secondary N) is 2. The minimum Gasteiger partial charge on any atom is -0.455 e. The van der Waals surface area contributed by atoms with E-state index in [4.69, 9.17) is 4.42 Å². The fraction of sp³-hybridized carbons (Fsp3) is 0.129. The van der Waals surface area contributed by atoms with Crippen LogP contribution in [0.5, 0.6) is 0 Å². The van der Waals surface area contributed by atoms with Gasteiger partial charge in [-0.3, -0.25) is 14.4 Å². The lowest BCUT2D eigenvalue weighted by molar-refractivity contribution is 0.0988. The van der Waals surface area contributed by atoms with Gasteiger partial charge < -0.3 is 14.7 Å². The SMILES string of the molecule is CC.CCC(=O)c1c(-c2ccc(F)cc2)oc2ccc(-c3cccc(C(=O)Nc4ccc(=O)[nH]c4)c3)cc12. The lowest BCUT2D eigenvalue weighted by atomic mass is 9.97. The standard InChI is InChI=1S/C29H21FN2O4.C2H6/c1-2-24(33)27-23-15-19(8-12-25(23)36-28(27)17-6-9-21(30)10-7-17)18-4-3-5-20(14-18)29(35)32-22-11-13-26(34)31-16-22;1-2/h3-16H,2H2,1H3,(H,31,34)(H,32,35);1-2H3. The van der Waals surface area contributed by atoms with Crippen LogP contribution in [0, 0.1) is 5.82 Å². The number of H-pyrrole nitrogens is 1. The molecule has 0 aliphatic rings. The number of hydrogen-bond donors (Lipinski definition) is 2. The zero-order chi connectivity index (χ0) is 27.2. The van der Waals surface area contributed by atoms with E-state index in [9.17, 15) is 18.8 Å². The maximum absolute atomic E-state index is 13.5. The Morgan fingerprint density at radius 3 is 2.29 bits per heavy atom. The molecule has 0 unspecified atom stereocenters. The van der Waals surface area contributed by atoms with E-state index in [0.29, 0.717) is 39.1 Å². The van der Waals surface area contributed by atoms with Crippen LogP contribution in [0.15, 0.2) is 94.3 Å². The number of furan rings is 1. The molecule has 192 valence electrons. The molecule has 0 saturated carbocycles. The van der Waals surface area contributed by atoms with Crippen molar-refractivity contribution < 1.29 is 18.4 Å². The van der Waals surface area contributed by atoms with Gasteiger partial charge in [0, 0.05) is 35.2 Å². The number of halogens is 1. The van der Waals surface area contributed by atoms with Crippen LogP contribution >= 0.6 is 0 Å². The summed E-state index contributed by atoms with van der Waals surface area (Å²) in [6.45, 7) is 5.78. The largest absolute Gasteiger partial charge is 0.455 e. The number of anilines is 1. The molecule has 0 atom stereocenters. The fourth-order valence-corrected chi connectivity index (χ4v) is 4.07. The molecule has 0 radical (unpaired) electrons. The number of aromatic nitrogens is 1. The van der Waals surface area contributed by atoms with E-state index < -0.39 is 0 Å². The second-order valence-electron chi connectivity index (χ2n) is 8.28. The third-order valence-corrected chi connectivity index (χ3v) is 5.89. The molecule has 0 fully saturated rings. The van der Waals surface area contributed by atoms with E-state index >= 15 is 0 Å². The number of carbonyl (C=O) groups excluding carboxylic acids is 2. The summed E-state index contributed by atoms with van der Waals surface area (Å²) >= 11 is 0. The van der Waals surface area contributed by atoms with Gasteiger partial charge in [0.05, 0.1) is 11.3 Å². The molecule has 7 heteroatoms. The number of amides is 1. The Morgan fingerprint density at radius 2 is 1.61 bits per heavy atom. The molecule has 6 nitrogen and oxygen atoms in total. The molecule has 0 bridgehead atoms. The van der Waals surface area contributed by atoms with Crippen LogP contribution in [-0.4, -0.2) is 16.7 Å². The molecule has 5 rings (SSSR count). The third-order valence-electron chi connectivity index (χ3n) is 5.89. The van der Waals surface area contributed by atoms with Crippen LogP contribution in [0.25, 0.3) is 33.4 Å². The first-order valence-electron chi connectivity index (χ1n) is 12.4. The van der Waals surface area contributed by atoms with Gasteiger partial charge in [0.2, 0.25) is 5.56 Å². The normalized spacial score (nSPS) is 10.5. The molecule has 2 heterocycles. The average Bonchev–Trinajstić information content (AvgIpc) is 3.34. The molecule has 38 heavy (non-hydrogen) atoms. The van der Waals surface area contributed by atoms with Gasteiger partial charge in [-0.15, -0.1) is 0 Å². The predicted molar refractivity (Wildman–Crippen MR) is 148 cm³/mol.